The highest BCUT2D eigenvalue weighted by molar-refractivity contribution is 7.46. The summed E-state index contributed by atoms with van der Waals surface area (Å²) in [5.74, 6) is -0.895. The Bertz CT molecular complexity index is 794. The Kier molecular flexibility index (Phi) is 32.4. The number of allylic oxidation sites excluding steroid dienone is 3. The molecule has 0 saturated heterocycles. The molecule has 0 heterocycles. The summed E-state index contributed by atoms with van der Waals surface area (Å²) in [6.45, 7) is 5.17. The molecule has 0 aliphatic heterocycles. The summed E-state index contributed by atoms with van der Waals surface area (Å²) in [5, 5.41) is 0. The molecule has 0 rings (SSSR count). The average molecular weight is 673 g/mol. The molecule has 8 nitrogen and oxygen atoms in total. The van der Waals surface area contributed by atoms with Gasteiger partial charge in [-0.1, -0.05) is 134 Å². The minimum absolute atomic E-state index is 0.210. The van der Waals surface area contributed by atoms with E-state index in [9.17, 15) is 14.2 Å². The molecule has 46 heavy (non-hydrogen) atoms. The lowest BCUT2D eigenvalue weighted by molar-refractivity contribution is -0.161. The lowest BCUT2D eigenvalue weighted by Gasteiger charge is -2.18. The Morgan fingerprint density at radius 3 is 1.48 bits per heavy atom. The van der Waals surface area contributed by atoms with Gasteiger partial charge in [0.15, 0.2) is 6.10 Å². The maximum absolute atomic E-state index is 12.3. The van der Waals surface area contributed by atoms with Crippen LogP contribution in [-0.2, 0) is 28.2 Å². The second-order valence-electron chi connectivity index (χ2n) is 12.6. The number of phosphoric acid groups is 1. The van der Waals surface area contributed by atoms with Crippen molar-refractivity contribution in [2.24, 2.45) is 0 Å². The van der Waals surface area contributed by atoms with Crippen molar-refractivity contribution in [1.82, 2.24) is 0 Å². The lowest BCUT2D eigenvalue weighted by Crippen LogP contribution is -2.29. The van der Waals surface area contributed by atoms with Crippen LogP contribution in [0.25, 0.3) is 0 Å². The number of esters is 2. The van der Waals surface area contributed by atoms with Gasteiger partial charge in [0.2, 0.25) is 0 Å². The molecular formula is C37H69O8P. The van der Waals surface area contributed by atoms with E-state index in [-0.39, 0.29) is 19.4 Å². The monoisotopic (exact) mass is 672 g/mol. The van der Waals surface area contributed by atoms with E-state index < -0.39 is 32.5 Å². The van der Waals surface area contributed by atoms with Crippen molar-refractivity contribution in [1.29, 1.82) is 0 Å². The van der Waals surface area contributed by atoms with Crippen molar-refractivity contribution in [2.45, 2.75) is 186 Å². The SMILES string of the molecule is C=CCCCCCCCCCCCCCCCC(=O)O[C@H](COC(=O)CCCCCCC/C=C/CCCCCC)COP(=O)(O)O. The van der Waals surface area contributed by atoms with Crippen molar-refractivity contribution >= 4 is 19.8 Å². The molecule has 270 valence electrons. The van der Waals surface area contributed by atoms with Crippen LogP contribution in [0.1, 0.15) is 180 Å². The van der Waals surface area contributed by atoms with E-state index in [1.807, 2.05) is 6.08 Å². The van der Waals surface area contributed by atoms with Crippen LogP contribution < -0.4 is 0 Å². The number of hydrogen-bond acceptors (Lipinski definition) is 6. The van der Waals surface area contributed by atoms with Crippen LogP contribution in [0.15, 0.2) is 24.8 Å². The summed E-state index contributed by atoms with van der Waals surface area (Å²) in [4.78, 5) is 42.6. The zero-order valence-electron chi connectivity index (χ0n) is 29.3. The van der Waals surface area contributed by atoms with Crippen LogP contribution in [0.4, 0.5) is 0 Å². The predicted octanol–water partition coefficient (Wildman–Crippen LogP) is 10.8. The topological polar surface area (TPSA) is 119 Å². The van der Waals surface area contributed by atoms with Gasteiger partial charge in [0.25, 0.3) is 0 Å². The Balaban J connectivity index is 3.95. The highest BCUT2D eigenvalue weighted by Crippen LogP contribution is 2.36. The Morgan fingerprint density at radius 2 is 1.02 bits per heavy atom. The number of carbonyl (C=O) groups is 2. The molecule has 0 amide bonds. The quantitative estimate of drug-likeness (QED) is 0.0295. The van der Waals surface area contributed by atoms with Crippen LogP contribution >= 0.6 is 7.82 Å². The maximum atomic E-state index is 12.3. The Labute approximate surface area is 281 Å². The molecule has 0 spiro atoms. The summed E-state index contributed by atoms with van der Waals surface area (Å²) in [7, 11) is -4.75. The number of carbonyl (C=O) groups excluding carboxylic acids is 2. The molecule has 0 aromatic carbocycles. The fraction of sp³-hybridized carbons (Fsp3) is 0.838. The van der Waals surface area contributed by atoms with Crippen molar-refractivity contribution in [3.8, 4) is 0 Å². The minimum Gasteiger partial charge on any atom is -0.462 e. The van der Waals surface area contributed by atoms with Gasteiger partial charge in [0.1, 0.15) is 6.61 Å². The number of rotatable bonds is 35. The van der Waals surface area contributed by atoms with Crippen molar-refractivity contribution in [2.75, 3.05) is 13.2 Å². The molecule has 0 saturated carbocycles. The normalized spacial score (nSPS) is 12.4. The predicted molar refractivity (Wildman–Crippen MR) is 189 cm³/mol. The largest absolute Gasteiger partial charge is 0.469 e. The first kappa shape index (κ1) is 44.5. The molecule has 0 aliphatic carbocycles. The molecule has 0 aromatic heterocycles. The molecule has 1 atom stereocenters. The third kappa shape index (κ3) is 35.4. The molecule has 2 N–H and O–H groups in total. The van der Waals surface area contributed by atoms with Gasteiger partial charge in [-0.15, -0.1) is 6.58 Å². The van der Waals surface area contributed by atoms with E-state index >= 15 is 0 Å². The smallest absolute Gasteiger partial charge is 0.462 e. The fourth-order valence-electron chi connectivity index (χ4n) is 5.29. The zero-order valence-corrected chi connectivity index (χ0v) is 30.2. The van der Waals surface area contributed by atoms with Crippen LogP contribution in [-0.4, -0.2) is 41.0 Å². The van der Waals surface area contributed by atoms with Crippen LogP contribution in [0.3, 0.4) is 0 Å². The molecule has 9 heteroatoms. The number of phosphoric ester groups is 1. The minimum atomic E-state index is -4.75. The first-order chi connectivity index (χ1) is 22.3. The second-order valence-corrected chi connectivity index (χ2v) is 13.9. The molecule has 0 radical (unpaired) electrons. The maximum Gasteiger partial charge on any atom is 0.469 e. The van der Waals surface area contributed by atoms with Gasteiger partial charge >= 0.3 is 19.8 Å². The van der Waals surface area contributed by atoms with E-state index in [1.165, 1.54) is 89.9 Å². The molecule has 0 bridgehead atoms. The molecular weight excluding hydrogens is 603 g/mol. The van der Waals surface area contributed by atoms with Crippen LogP contribution in [0.2, 0.25) is 0 Å². The van der Waals surface area contributed by atoms with Gasteiger partial charge < -0.3 is 19.3 Å². The second kappa shape index (κ2) is 33.4. The third-order valence-electron chi connectivity index (χ3n) is 8.09. The average Bonchev–Trinajstić information content (AvgIpc) is 3.02. The summed E-state index contributed by atoms with van der Waals surface area (Å²) >= 11 is 0. The molecule has 0 aromatic rings. The van der Waals surface area contributed by atoms with Crippen molar-refractivity contribution < 1.29 is 37.9 Å². The Morgan fingerprint density at radius 1 is 0.609 bits per heavy atom. The summed E-state index contributed by atoms with van der Waals surface area (Å²) < 4.78 is 26.3. The highest BCUT2D eigenvalue weighted by Gasteiger charge is 2.22. The first-order valence-electron chi connectivity index (χ1n) is 18.6. The Hall–Kier alpha value is -1.47. The van der Waals surface area contributed by atoms with Gasteiger partial charge in [-0.3, -0.25) is 14.1 Å². The van der Waals surface area contributed by atoms with Crippen molar-refractivity contribution in [3.05, 3.63) is 24.8 Å². The van der Waals surface area contributed by atoms with Crippen LogP contribution in [0.5, 0.6) is 0 Å². The standard InChI is InChI=1S/C37H69O8P/c1-3-5-7-9-11-13-15-17-18-20-22-24-26-28-30-32-37(39)45-35(34-44-46(40,41)42)33-43-36(38)31-29-27-25-23-21-19-16-14-12-10-8-6-4-2/h3,14,16,35H,1,4-13,15,17-34H2,2H3,(H2,40,41,42)/b16-14+/t35-/m1/s1. The van der Waals surface area contributed by atoms with E-state index in [0.717, 1.165) is 57.8 Å². The van der Waals surface area contributed by atoms with Gasteiger partial charge in [0, 0.05) is 12.8 Å². The van der Waals surface area contributed by atoms with Gasteiger partial charge in [-0.25, -0.2) is 4.57 Å². The van der Waals surface area contributed by atoms with E-state index in [2.05, 4.69) is 30.2 Å². The van der Waals surface area contributed by atoms with Gasteiger partial charge in [-0.05, 0) is 51.4 Å². The molecule has 0 unspecified atom stereocenters. The number of hydrogen-bond donors (Lipinski definition) is 2. The summed E-state index contributed by atoms with van der Waals surface area (Å²) in [6.07, 6.45) is 35.0. The molecule has 0 fully saturated rings. The fourth-order valence-corrected chi connectivity index (χ4v) is 5.65. The van der Waals surface area contributed by atoms with Crippen LogP contribution in [0, 0.1) is 0 Å². The van der Waals surface area contributed by atoms with E-state index in [0.29, 0.717) is 12.8 Å². The van der Waals surface area contributed by atoms with E-state index in [4.69, 9.17) is 19.3 Å². The zero-order chi connectivity index (χ0) is 34.0. The highest BCUT2D eigenvalue weighted by atomic mass is 31.2. The first-order valence-corrected chi connectivity index (χ1v) is 20.1. The van der Waals surface area contributed by atoms with Gasteiger partial charge in [-0.2, -0.15) is 0 Å². The number of unbranched alkanes of at least 4 members (excludes halogenated alkanes) is 22. The lowest BCUT2D eigenvalue weighted by atomic mass is 10.0. The molecule has 0 aliphatic rings. The third-order valence-corrected chi connectivity index (χ3v) is 8.57. The van der Waals surface area contributed by atoms with E-state index in [1.54, 1.807) is 0 Å². The number of ether oxygens (including phenoxy) is 2. The summed E-state index contributed by atoms with van der Waals surface area (Å²) in [6, 6.07) is 0. The van der Waals surface area contributed by atoms with Gasteiger partial charge in [0.05, 0.1) is 6.61 Å². The van der Waals surface area contributed by atoms with Crippen molar-refractivity contribution in [3.63, 3.8) is 0 Å². The summed E-state index contributed by atoms with van der Waals surface area (Å²) in [5.41, 5.74) is 0.